The molecular weight excluding hydrogens is 360 g/mol. The van der Waals surface area contributed by atoms with Gasteiger partial charge in [0.15, 0.2) is 5.76 Å². The maximum absolute atomic E-state index is 13.0. The lowest BCUT2D eigenvalue weighted by Crippen LogP contribution is -2.38. The van der Waals surface area contributed by atoms with Gasteiger partial charge in [0.25, 0.3) is 5.91 Å². The zero-order chi connectivity index (χ0) is 19.4. The van der Waals surface area contributed by atoms with Crippen molar-refractivity contribution < 1.29 is 14.7 Å². The molecular formula is C21H24N2O3S. The van der Waals surface area contributed by atoms with Crippen LogP contribution in [0.2, 0.25) is 0 Å². The Morgan fingerprint density at radius 1 is 1.15 bits per heavy atom. The lowest BCUT2D eigenvalue weighted by atomic mass is 9.95. The van der Waals surface area contributed by atoms with Gasteiger partial charge in [0.2, 0.25) is 5.78 Å². The summed E-state index contributed by atoms with van der Waals surface area (Å²) in [6.07, 6.45) is 0. The standard InChI is InChI=1S/C21H24N2O3S/c1-3-22(4-2)12-13-23-18(15-9-6-5-7-10-15)17(20(25)21(23)26)19(24)16-11-8-14-27-16/h5-11,14,18,25H,3-4,12-13H2,1-2H3/t18-/m1/s1. The quantitative estimate of drug-likeness (QED) is 0.706. The molecule has 0 saturated carbocycles. The Balaban J connectivity index is 1.98. The molecule has 142 valence electrons. The Morgan fingerprint density at radius 2 is 1.85 bits per heavy atom. The van der Waals surface area contributed by atoms with E-state index in [-0.39, 0.29) is 11.4 Å². The fraction of sp³-hybridized carbons (Fsp3) is 0.333. The van der Waals surface area contributed by atoms with Crippen LogP contribution in [0.4, 0.5) is 0 Å². The second-order valence-corrected chi connectivity index (χ2v) is 7.36. The maximum Gasteiger partial charge on any atom is 0.290 e. The van der Waals surface area contributed by atoms with Crippen molar-refractivity contribution in [3.8, 4) is 0 Å². The number of aliphatic hydroxyl groups excluding tert-OH is 1. The highest BCUT2D eigenvalue weighted by Gasteiger charge is 2.43. The Kier molecular flexibility index (Phi) is 6.08. The lowest BCUT2D eigenvalue weighted by molar-refractivity contribution is -0.129. The molecule has 1 aromatic heterocycles. The summed E-state index contributed by atoms with van der Waals surface area (Å²) >= 11 is 1.31. The zero-order valence-electron chi connectivity index (χ0n) is 15.6. The monoisotopic (exact) mass is 384 g/mol. The van der Waals surface area contributed by atoms with Gasteiger partial charge in [-0.25, -0.2) is 0 Å². The van der Waals surface area contributed by atoms with E-state index < -0.39 is 17.7 Å². The normalized spacial score (nSPS) is 17.2. The fourth-order valence-corrected chi connectivity index (χ4v) is 4.11. The van der Waals surface area contributed by atoms with Gasteiger partial charge >= 0.3 is 0 Å². The highest BCUT2D eigenvalue weighted by Crippen LogP contribution is 2.39. The summed E-state index contributed by atoms with van der Waals surface area (Å²) in [5.41, 5.74) is 1.00. The van der Waals surface area contributed by atoms with Crippen LogP contribution in [0.5, 0.6) is 0 Å². The molecule has 6 heteroatoms. The highest BCUT2D eigenvalue weighted by molar-refractivity contribution is 7.12. The zero-order valence-corrected chi connectivity index (χ0v) is 16.4. The number of Topliss-reactive ketones (excluding diaryl/α,β-unsaturated/α-hetero) is 1. The molecule has 0 saturated heterocycles. The van der Waals surface area contributed by atoms with Crippen LogP contribution in [0.15, 0.2) is 59.2 Å². The van der Waals surface area contributed by atoms with Gasteiger partial charge in [-0.05, 0) is 30.1 Å². The van der Waals surface area contributed by atoms with Gasteiger partial charge < -0.3 is 14.9 Å². The molecule has 2 aromatic rings. The Bertz CT molecular complexity index is 826. The molecule has 0 radical (unpaired) electrons. The van der Waals surface area contributed by atoms with Gasteiger partial charge in [0, 0.05) is 13.1 Å². The van der Waals surface area contributed by atoms with E-state index >= 15 is 0 Å². The Morgan fingerprint density at radius 3 is 2.44 bits per heavy atom. The number of carbonyl (C=O) groups excluding carboxylic acids is 2. The maximum atomic E-state index is 13.0. The molecule has 27 heavy (non-hydrogen) atoms. The van der Waals surface area contributed by atoms with Gasteiger partial charge in [-0.1, -0.05) is 50.2 Å². The molecule has 0 unspecified atom stereocenters. The van der Waals surface area contributed by atoms with E-state index in [0.29, 0.717) is 18.0 Å². The molecule has 0 bridgehead atoms. The van der Waals surface area contributed by atoms with Gasteiger partial charge in [-0.3, -0.25) is 9.59 Å². The molecule has 0 fully saturated rings. The average Bonchev–Trinajstić information content (AvgIpc) is 3.31. The largest absolute Gasteiger partial charge is 0.503 e. The third-order valence-electron chi connectivity index (χ3n) is 4.96. The first-order chi connectivity index (χ1) is 13.1. The predicted molar refractivity (Wildman–Crippen MR) is 107 cm³/mol. The van der Waals surface area contributed by atoms with E-state index in [1.54, 1.807) is 17.0 Å². The first-order valence-corrected chi connectivity index (χ1v) is 10.1. The van der Waals surface area contributed by atoms with Crippen molar-refractivity contribution in [1.29, 1.82) is 0 Å². The van der Waals surface area contributed by atoms with Crippen LogP contribution in [0.25, 0.3) is 0 Å². The first kappa shape index (κ1) is 19.3. The molecule has 1 atom stereocenters. The van der Waals surface area contributed by atoms with Crippen LogP contribution in [0.3, 0.4) is 0 Å². The number of hydrogen-bond acceptors (Lipinski definition) is 5. The van der Waals surface area contributed by atoms with Crippen molar-refractivity contribution in [2.24, 2.45) is 0 Å². The molecule has 1 aliphatic heterocycles. The van der Waals surface area contributed by atoms with E-state index in [2.05, 4.69) is 18.7 Å². The average molecular weight is 385 g/mol. The van der Waals surface area contributed by atoms with Crippen LogP contribution >= 0.6 is 11.3 Å². The third-order valence-corrected chi connectivity index (χ3v) is 5.83. The Hall–Kier alpha value is -2.44. The van der Waals surface area contributed by atoms with Crippen molar-refractivity contribution in [2.45, 2.75) is 19.9 Å². The second-order valence-electron chi connectivity index (χ2n) is 6.41. The van der Waals surface area contributed by atoms with Crippen molar-refractivity contribution in [1.82, 2.24) is 9.80 Å². The number of hydrogen-bond donors (Lipinski definition) is 1. The van der Waals surface area contributed by atoms with Crippen LogP contribution in [0.1, 0.15) is 35.1 Å². The molecule has 0 aliphatic carbocycles. The minimum Gasteiger partial charge on any atom is -0.503 e. The second kappa shape index (κ2) is 8.50. The number of ketones is 1. The van der Waals surface area contributed by atoms with E-state index in [0.717, 1.165) is 18.7 Å². The van der Waals surface area contributed by atoms with Crippen LogP contribution < -0.4 is 0 Å². The van der Waals surface area contributed by atoms with Crippen molar-refractivity contribution >= 4 is 23.0 Å². The smallest absolute Gasteiger partial charge is 0.290 e. The lowest BCUT2D eigenvalue weighted by Gasteiger charge is -2.29. The molecule has 1 N–H and O–H groups in total. The molecule has 1 amide bonds. The molecule has 1 aliphatic rings. The predicted octanol–water partition coefficient (Wildman–Crippen LogP) is 3.67. The number of nitrogens with zero attached hydrogens (tertiary/aromatic N) is 2. The SMILES string of the molecule is CCN(CC)CCN1C(=O)C(O)=C(C(=O)c2cccs2)[C@H]1c1ccccc1. The summed E-state index contributed by atoms with van der Waals surface area (Å²) in [4.78, 5) is 30.2. The number of likely N-dealkylation sites (N-methyl/N-ethyl adjacent to an activating group) is 1. The molecule has 1 aromatic carbocycles. The fourth-order valence-electron chi connectivity index (χ4n) is 3.43. The van der Waals surface area contributed by atoms with Crippen molar-refractivity contribution in [3.63, 3.8) is 0 Å². The van der Waals surface area contributed by atoms with E-state index in [1.807, 2.05) is 35.7 Å². The number of amides is 1. The van der Waals surface area contributed by atoms with Gasteiger partial charge in [-0.15, -0.1) is 11.3 Å². The minimum absolute atomic E-state index is 0.174. The summed E-state index contributed by atoms with van der Waals surface area (Å²) in [7, 11) is 0. The molecule has 5 nitrogen and oxygen atoms in total. The van der Waals surface area contributed by atoms with Crippen LogP contribution in [-0.4, -0.2) is 52.8 Å². The molecule has 0 spiro atoms. The third kappa shape index (κ3) is 3.82. The summed E-state index contributed by atoms with van der Waals surface area (Å²) in [6.45, 7) is 7.06. The highest BCUT2D eigenvalue weighted by atomic mass is 32.1. The summed E-state index contributed by atoms with van der Waals surface area (Å²) in [5.74, 6) is -1.19. The molecule has 2 heterocycles. The minimum atomic E-state index is -0.566. The topological polar surface area (TPSA) is 60.9 Å². The number of benzene rings is 1. The number of carbonyl (C=O) groups is 2. The van der Waals surface area contributed by atoms with E-state index in [9.17, 15) is 14.7 Å². The van der Waals surface area contributed by atoms with Gasteiger partial charge in [0.05, 0.1) is 16.5 Å². The van der Waals surface area contributed by atoms with E-state index in [1.165, 1.54) is 11.3 Å². The first-order valence-electron chi connectivity index (χ1n) is 9.18. The van der Waals surface area contributed by atoms with Crippen molar-refractivity contribution in [2.75, 3.05) is 26.2 Å². The Labute approximate surface area is 163 Å². The molecule has 3 rings (SSSR count). The van der Waals surface area contributed by atoms with E-state index in [4.69, 9.17) is 0 Å². The van der Waals surface area contributed by atoms with Crippen LogP contribution in [-0.2, 0) is 4.79 Å². The number of aliphatic hydroxyl groups is 1. The summed E-state index contributed by atoms with van der Waals surface area (Å²) in [6, 6.07) is 12.4. The van der Waals surface area contributed by atoms with Gasteiger partial charge in [0.1, 0.15) is 0 Å². The summed E-state index contributed by atoms with van der Waals surface area (Å²) in [5, 5.41) is 12.4. The van der Waals surface area contributed by atoms with Crippen molar-refractivity contribution in [3.05, 3.63) is 69.6 Å². The number of rotatable bonds is 8. The number of thiophene rings is 1. The van der Waals surface area contributed by atoms with Gasteiger partial charge in [-0.2, -0.15) is 0 Å². The van der Waals surface area contributed by atoms with Crippen LogP contribution in [0, 0.1) is 0 Å². The summed E-state index contributed by atoms with van der Waals surface area (Å²) < 4.78 is 0.